The Balaban J connectivity index is 2.32. The molecule has 3 N–H and O–H groups in total. The van der Waals surface area contributed by atoms with Gasteiger partial charge in [-0.3, -0.25) is 9.69 Å². The zero-order chi connectivity index (χ0) is 11.3. The Morgan fingerprint density at radius 2 is 2.47 bits per heavy atom. The first-order valence-corrected chi connectivity index (χ1v) is 5.32. The fourth-order valence-electron chi connectivity index (χ4n) is 2.00. The van der Waals surface area contributed by atoms with E-state index in [1.807, 2.05) is 0 Å². The second-order valence-electron chi connectivity index (χ2n) is 4.11. The Bertz CT molecular complexity index is 211. The third kappa shape index (κ3) is 4.15. The minimum absolute atomic E-state index is 0.0616. The number of hydrogen-bond acceptors (Lipinski definition) is 4. The summed E-state index contributed by atoms with van der Waals surface area (Å²) in [7, 11) is 1.56. The predicted molar refractivity (Wildman–Crippen MR) is 56.2 cm³/mol. The summed E-state index contributed by atoms with van der Waals surface area (Å²) in [5.41, 5.74) is 5.27. The molecule has 1 heterocycles. The van der Waals surface area contributed by atoms with Gasteiger partial charge in [0.2, 0.25) is 5.91 Å². The van der Waals surface area contributed by atoms with Crippen molar-refractivity contribution in [3.8, 4) is 0 Å². The Labute approximate surface area is 90.2 Å². The normalized spacial score (nSPS) is 25.1. The summed E-state index contributed by atoms with van der Waals surface area (Å²) < 4.78 is 4.85. The van der Waals surface area contributed by atoms with E-state index in [0.29, 0.717) is 19.7 Å². The highest BCUT2D eigenvalue weighted by atomic mass is 16.5. The van der Waals surface area contributed by atoms with Crippen LogP contribution in [0.5, 0.6) is 0 Å². The zero-order valence-corrected chi connectivity index (χ0v) is 9.19. The molecular weight excluding hydrogens is 196 g/mol. The summed E-state index contributed by atoms with van der Waals surface area (Å²) >= 11 is 0. The lowest BCUT2D eigenvalue weighted by atomic mass is 9.97. The number of rotatable bonds is 5. The Morgan fingerprint density at radius 1 is 1.73 bits per heavy atom. The van der Waals surface area contributed by atoms with Gasteiger partial charge in [0.25, 0.3) is 0 Å². The minimum atomic E-state index is -0.485. The number of hydrogen-bond donors (Lipinski definition) is 2. The summed E-state index contributed by atoms with van der Waals surface area (Å²) in [5.74, 6) is -0.297. The lowest BCUT2D eigenvalue weighted by Crippen LogP contribution is -2.44. The van der Waals surface area contributed by atoms with E-state index in [-0.39, 0.29) is 11.8 Å². The van der Waals surface area contributed by atoms with Gasteiger partial charge in [0.05, 0.1) is 18.6 Å². The minimum Gasteiger partial charge on any atom is -0.389 e. The topological polar surface area (TPSA) is 75.8 Å². The molecule has 0 radical (unpaired) electrons. The van der Waals surface area contributed by atoms with E-state index < -0.39 is 6.10 Å². The average Bonchev–Trinajstić information content (AvgIpc) is 2.18. The first kappa shape index (κ1) is 12.4. The Morgan fingerprint density at radius 3 is 3.07 bits per heavy atom. The molecule has 0 aromatic heterocycles. The van der Waals surface area contributed by atoms with Gasteiger partial charge in [-0.05, 0) is 19.4 Å². The molecule has 1 rings (SSSR count). The lowest BCUT2D eigenvalue weighted by molar-refractivity contribution is -0.123. The van der Waals surface area contributed by atoms with Crippen LogP contribution in [0.2, 0.25) is 0 Å². The lowest BCUT2D eigenvalue weighted by Gasteiger charge is -2.32. The van der Waals surface area contributed by atoms with Gasteiger partial charge < -0.3 is 15.6 Å². The summed E-state index contributed by atoms with van der Waals surface area (Å²) in [6.07, 6.45) is 1.35. The maximum atomic E-state index is 11.0. The van der Waals surface area contributed by atoms with Crippen molar-refractivity contribution in [2.24, 2.45) is 11.7 Å². The second-order valence-corrected chi connectivity index (χ2v) is 4.11. The van der Waals surface area contributed by atoms with Crippen molar-refractivity contribution in [3.63, 3.8) is 0 Å². The van der Waals surface area contributed by atoms with Crippen LogP contribution in [-0.4, -0.2) is 55.4 Å². The van der Waals surface area contributed by atoms with E-state index in [4.69, 9.17) is 10.5 Å². The van der Waals surface area contributed by atoms with Crippen molar-refractivity contribution in [1.29, 1.82) is 0 Å². The smallest absolute Gasteiger partial charge is 0.221 e. The summed E-state index contributed by atoms with van der Waals surface area (Å²) in [6, 6.07) is 0. The van der Waals surface area contributed by atoms with Crippen LogP contribution in [-0.2, 0) is 9.53 Å². The molecule has 88 valence electrons. The maximum absolute atomic E-state index is 11.0. The van der Waals surface area contributed by atoms with Crippen LogP contribution in [0.15, 0.2) is 0 Å². The van der Waals surface area contributed by atoms with E-state index in [2.05, 4.69) is 4.90 Å². The molecule has 1 aliphatic rings. The number of primary amides is 1. The molecule has 0 bridgehead atoms. The van der Waals surface area contributed by atoms with Crippen molar-refractivity contribution in [2.75, 3.05) is 33.4 Å². The van der Waals surface area contributed by atoms with Crippen LogP contribution in [0.3, 0.4) is 0 Å². The molecule has 2 atom stereocenters. The van der Waals surface area contributed by atoms with Gasteiger partial charge in [-0.15, -0.1) is 0 Å². The molecule has 1 aliphatic heterocycles. The largest absolute Gasteiger partial charge is 0.389 e. The molecule has 0 aromatic carbocycles. The number of nitrogens with zero attached hydrogens (tertiary/aromatic N) is 1. The van der Waals surface area contributed by atoms with E-state index in [1.165, 1.54) is 0 Å². The van der Waals surface area contributed by atoms with Gasteiger partial charge >= 0.3 is 0 Å². The van der Waals surface area contributed by atoms with Gasteiger partial charge in [-0.2, -0.15) is 0 Å². The summed E-state index contributed by atoms with van der Waals surface area (Å²) in [4.78, 5) is 13.1. The van der Waals surface area contributed by atoms with Crippen LogP contribution in [0.4, 0.5) is 0 Å². The van der Waals surface area contributed by atoms with Crippen LogP contribution >= 0.6 is 0 Å². The van der Waals surface area contributed by atoms with E-state index >= 15 is 0 Å². The number of carbonyl (C=O) groups excluding carboxylic acids is 1. The standard InChI is InChI=1S/C10H20N2O3/c1-15-7-9(13)6-12-4-2-3-8(5-12)10(11)14/h8-9,13H,2-7H2,1H3,(H2,11,14). The number of ether oxygens (including phenoxy) is 1. The number of amides is 1. The van der Waals surface area contributed by atoms with Crippen molar-refractivity contribution in [2.45, 2.75) is 18.9 Å². The van der Waals surface area contributed by atoms with E-state index in [1.54, 1.807) is 7.11 Å². The van der Waals surface area contributed by atoms with Gasteiger partial charge in [-0.1, -0.05) is 0 Å². The third-order valence-corrected chi connectivity index (χ3v) is 2.74. The molecule has 2 unspecified atom stereocenters. The Kier molecular flexibility index (Phi) is 5.01. The molecular formula is C10H20N2O3. The van der Waals surface area contributed by atoms with Gasteiger partial charge in [0.1, 0.15) is 0 Å². The fourth-order valence-corrected chi connectivity index (χ4v) is 2.00. The molecule has 15 heavy (non-hydrogen) atoms. The average molecular weight is 216 g/mol. The third-order valence-electron chi connectivity index (χ3n) is 2.74. The highest BCUT2D eigenvalue weighted by molar-refractivity contribution is 5.76. The summed E-state index contributed by atoms with van der Waals surface area (Å²) in [5, 5.41) is 9.54. The van der Waals surface area contributed by atoms with E-state index in [0.717, 1.165) is 19.4 Å². The van der Waals surface area contributed by atoms with Crippen molar-refractivity contribution in [3.05, 3.63) is 0 Å². The first-order chi connectivity index (χ1) is 7.13. The number of carbonyl (C=O) groups is 1. The molecule has 1 amide bonds. The molecule has 1 fully saturated rings. The molecule has 0 aromatic rings. The maximum Gasteiger partial charge on any atom is 0.221 e. The van der Waals surface area contributed by atoms with Crippen molar-refractivity contribution in [1.82, 2.24) is 4.90 Å². The quantitative estimate of drug-likeness (QED) is 0.630. The van der Waals surface area contributed by atoms with Gasteiger partial charge in [-0.25, -0.2) is 0 Å². The SMILES string of the molecule is COCC(O)CN1CCCC(C(N)=O)C1. The highest BCUT2D eigenvalue weighted by Crippen LogP contribution is 2.15. The van der Waals surface area contributed by atoms with E-state index in [9.17, 15) is 9.90 Å². The molecule has 0 saturated carbocycles. The number of aliphatic hydroxyl groups excluding tert-OH is 1. The number of nitrogens with two attached hydrogens (primary N) is 1. The number of β-amino-alcohol motifs (C(OH)–C–C–N with tert-alkyl or cyclic N) is 1. The molecule has 5 nitrogen and oxygen atoms in total. The van der Waals surface area contributed by atoms with Crippen molar-refractivity contribution >= 4 is 5.91 Å². The monoisotopic (exact) mass is 216 g/mol. The van der Waals surface area contributed by atoms with Crippen LogP contribution in [0.1, 0.15) is 12.8 Å². The van der Waals surface area contributed by atoms with Crippen LogP contribution in [0.25, 0.3) is 0 Å². The molecule has 1 saturated heterocycles. The predicted octanol–water partition coefficient (Wildman–Crippen LogP) is -0.809. The van der Waals surface area contributed by atoms with Gasteiger partial charge in [0.15, 0.2) is 0 Å². The highest BCUT2D eigenvalue weighted by Gasteiger charge is 2.24. The van der Waals surface area contributed by atoms with Gasteiger partial charge in [0, 0.05) is 20.2 Å². The van der Waals surface area contributed by atoms with Crippen LogP contribution in [0, 0.1) is 5.92 Å². The van der Waals surface area contributed by atoms with Crippen molar-refractivity contribution < 1.29 is 14.6 Å². The molecule has 0 aliphatic carbocycles. The first-order valence-electron chi connectivity index (χ1n) is 5.32. The fraction of sp³-hybridized carbons (Fsp3) is 0.900. The second kappa shape index (κ2) is 6.05. The number of aliphatic hydroxyl groups is 1. The zero-order valence-electron chi connectivity index (χ0n) is 9.19. The summed E-state index contributed by atoms with van der Waals surface area (Å²) in [6.45, 7) is 2.47. The molecule has 5 heteroatoms. The Hall–Kier alpha value is -0.650. The number of methoxy groups -OCH3 is 1. The molecule has 0 spiro atoms. The van der Waals surface area contributed by atoms with Crippen LogP contribution < -0.4 is 5.73 Å². The number of piperidine rings is 1. The number of likely N-dealkylation sites (tertiary alicyclic amines) is 1.